The fraction of sp³-hybridized carbons (Fsp3) is 0.538. The third-order valence-electron chi connectivity index (χ3n) is 4.41. The lowest BCUT2D eigenvalue weighted by atomic mass is 10.1. The van der Waals surface area contributed by atoms with Gasteiger partial charge in [-0.3, -0.25) is 4.79 Å². The number of hydrogen-bond donors (Lipinski definition) is 0. The van der Waals surface area contributed by atoms with E-state index in [0.29, 0.717) is 17.4 Å². The monoisotopic (exact) mass is 305 g/mol. The normalized spacial score (nSPS) is 24.6. The highest BCUT2D eigenvalue weighted by Crippen LogP contribution is 2.36. The third-order valence-corrected chi connectivity index (χ3v) is 5.14. The van der Waals surface area contributed by atoms with E-state index >= 15 is 0 Å². The van der Waals surface area contributed by atoms with Crippen molar-refractivity contribution >= 4 is 22.4 Å². The number of fused-ring (bicyclic) bond motifs is 1. The minimum atomic E-state index is 0.0281. The van der Waals surface area contributed by atoms with E-state index in [-0.39, 0.29) is 11.9 Å². The van der Waals surface area contributed by atoms with E-state index in [9.17, 15) is 4.79 Å². The first-order valence-corrected chi connectivity index (χ1v) is 7.88. The number of rotatable bonds is 2. The topological polar surface area (TPSA) is 75.4 Å². The molecule has 0 bridgehead atoms. The molecule has 4 rings (SSSR count). The number of anilines is 1. The lowest BCUT2D eigenvalue weighted by Gasteiger charge is -2.24. The molecule has 0 spiro atoms. The van der Waals surface area contributed by atoms with E-state index in [1.807, 2.05) is 4.90 Å². The second-order valence-corrected chi connectivity index (χ2v) is 6.23. The smallest absolute Gasteiger partial charge is 0.259 e. The summed E-state index contributed by atoms with van der Waals surface area (Å²) >= 11 is 1.55. The van der Waals surface area contributed by atoms with Crippen molar-refractivity contribution in [2.75, 3.05) is 18.0 Å². The first-order valence-electron chi connectivity index (χ1n) is 7.01. The van der Waals surface area contributed by atoms with Gasteiger partial charge in [-0.1, -0.05) is 16.5 Å². The first-order chi connectivity index (χ1) is 10.3. The molecule has 21 heavy (non-hydrogen) atoms. The molecule has 110 valence electrons. The Kier molecular flexibility index (Phi) is 2.91. The molecule has 1 amide bonds. The van der Waals surface area contributed by atoms with Crippen molar-refractivity contribution in [1.82, 2.24) is 20.3 Å². The summed E-state index contributed by atoms with van der Waals surface area (Å²) in [6, 6.07) is 0.595. The Hall–Kier alpha value is -1.96. The highest BCUT2D eigenvalue weighted by Gasteiger charge is 2.45. The number of hydrogen-bond acceptors (Lipinski definition) is 7. The standard InChI is InChI=1S/C13H15N5O2S/c1-8-9(6-15-20-8)12(19)17-4-2-11-10(17)3-5-18(11)13-16-14-7-21-13/h6-7,10-11H,2-5H2,1H3/t10-,11-/m1/s1. The SMILES string of the molecule is Cc1oncc1C(=O)N1CC[C@@H]2[C@H]1CCN2c1nncs1. The van der Waals surface area contributed by atoms with Gasteiger partial charge in [-0.25, -0.2) is 0 Å². The lowest BCUT2D eigenvalue weighted by molar-refractivity contribution is 0.0736. The average Bonchev–Trinajstić information content (AvgIpc) is 3.22. The van der Waals surface area contributed by atoms with Crippen LogP contribution in [-0.2, 0) is 0 Å². The Bertz CT molecular complexity index is 655. The van der Waals surface area contributed by atoms with Crippen LogP contribution in [0.2, 0.25) is 0 Å². The van der Waals surface area contributed by atoms with E-state index in [1.165, 1.54) is 6.20 Å². The predicted molar refractivity (Wildman–Crippen MR) is 76.3 cm³/mol. The number of carbonyl (C=O) groups is 1. The zero-order chi connectivity index (χ0) is 14.4. The molecular weight excluding hydrogens is 290 g/mol. The van der Waals surface area contributed by atoms with Crippen LogP contribution in [0.5, 0.6) is 0 Å². The molecule has 7 nitrogen and oxygen atoms in total. The van der Waals surface area contributed by atoms with Gasteiger partial charge in [0.05, 0.1) is 18.3 Å². The Morgan fingerprint density at radius 3 is 2.95 bits per heavy atom. The molecule has 8 heteroatoms. The van der Waals surface area contributed by atoms with E-state index in [0.717, 1.165) is 31.1 Å². The van der Waals surface area contributed by atoms with Crippen LogP contribution in [0.1, 0.15) is 29.0 Å². The molecule has 4 heterocycles. The number of nitrogens with zero attached hydrogens (tertiary/aromatic N) is 5. The molecule has 2 aliphatic heterocycles. The molecule has 2 fully saturated rings. The molecule has 0 aliphatic carbocycles. The summed E-state index contributed by atoms with van der Waals surface area (Å²) in [7, 11) is 0. The summed E-state index contributed by atoms with van der Waals surface area (Å²) in [6.45, 7) is 3.47. The van der Waals surface area contributed by atoms with Crippen molar-refractivity contribution in [2.24, 2.45) is 0 Å². The zero-order valence-electron chi connectivity index (χ0n) is 11.6. The van der Waals surface area contributed by atoms with E-state index in [4.69, 9.17) is 4.52 Å². The fourth-order valence-electron chi connectivity index (χ4n) is 3.43. The molecule has 2 aliphatic rings. The van der Waals surface area contributed by atoms with Crippen LogP contribution < -0.4 is 4.90 Å². The van der Waals surface area contributed by atoms with Crippen molar-refractivity contribution < 1.29 is 9.32 Å². The summed E-state index contributed by atoms with van der Waals surface area (Å²) in [5, 5.41) is 12.7. The maximum absolute atomic E-state index is 12.6. The molecule has 0 unspecified atom stereocenters. The first kappa shape index (κ1) is 12.8. The van der Waals surface area contributed by atoms with Crippen LogP contribution in [0, 0.1) is 6.92 Å². The molecule has 0 radical (unpaired) electrons. The fourth-order valence-corrected chi connectivity index (χ4v) is 4.07. The number of aryl methyl sites for hydroxylation is 1. The summed E-state index contributed by atoms with van der Waals surface area (Å²) in [5.74, 6) is 0.614. The quantitative estimate of drug-likeness (QED) is 0.833. The molecule has 0 N–H and O–H groups in total. The molecule has 2 atom stereocenters. The van der Waals surface area contributed by atoms with Gasteiger partial charge >= 0.3 is 0 Å². The second-order valence-electron chi connectivity index (χ2n) is 5.42. The minimum Gasteiger partial charge on any atom is -0.361 e. The maximum atomic E-state index is 12.6. The van der Waals surface area contributed by atoms with Crippen molar-refractivity contribution in [1.29, 1.82) is 0 Å². The summed E-state index contributed by atoms with van der Waals surface area (Å²) in [6.07, 6.45) is 3.46. The van der Waals surface area contributed by atoms with E-state index < -0.39 is 0 Å². The van der Waals surface area contributed by atoms with Gasteiger partial charge in [0.25, 0.3) is 5.91 Å². The Balaban J connectivity index is 1.56. The lowest BCUT2D eigenvalue weighted by Crippen LogP contribution is -2.39. The van der Waals surface area contributed by atoms with Crippen molar-refractivity contribution in [3.8, 4) is 0 Å². The van der Waals surface area contributed by atoms with Gasteiger partial charge in [0.1, 0.15) is 16.8 Å². The summed E-state index contributed by atoms with van der Waals surface area (Å²) in [5.41, 5.74) is 2.33. The van der Waals surface area contributed by atoms with Crippen LogP contribution in [0.25, 0.3) is 0 Å². The number of aromatic nitrogens is 3. The van der Waals surface area contributed by atoms with E-state index in [1.54, 1.807) is 23.8 Å². The van der Waals surface area contributed by atoms with Crippen molar-refractivity contribution in [3.05, 3.63) is 23.0 Å². The predicted octanol–water partition coefficient (Wildman–Crippen LogP) is 1.33. The molecular formula is C13H15N5O2S. The highest BCUT2D eigenvalue weighted by molar-refractivity contribution is 7.13. The number of likely N-dealkylation sites (tertiary alicyclic amines) is 1. The maximum Gasteiger partial charge on any atom is 0.259 e. The second kappa shape index (κ2) is 4.80. The summed E-state index contributed by atoms with van der Waals surface area (Å²) in [4.78, 5) is 16.9. The van der Waals surface area contributed by atoms with Crippen molar-refractivity contribution in [2.45, 2.75) is 31.8 Å². The zero-order valence-corrected chi connectivity index (χ0v) is 12.4. The number of amides is 1. The Morgan fingerprint density at radius 2 is 2.24 bits per heavy atom. The van der Waals surface area contributed by atoms with E-state index in [2.05, 4.69) is 20.3 Å². The molecule has 2 aromatic heterocycles. The van der Waals surface area contributed by atoms with Crippen LogP contribution in [-0.4, -0.2) is 51.3 Å². The van der Waals surface area contributed by atoms with Gasteiger partial charge < -0.3 is 14.3 Å². The van der Waals surface area contributed by atoms with Crippen LogP contribution in [0.3, 0.4) is 0 Å². The van der Waals surface area contributed by atoms with Crippen LogP contribution >= 0.6 is 11.3 Å². The molecule has 0 saturated carbocycles. The largest absolute Gasteiger partial charge is 0.361 e. The Morgan fingerprint density at radius 1 is 1.38 bits per heavy atom. The van der Waals surface area contributed by atoms with Crippen LogP contribution in [0.4, 0.5) is 5.13 Å². The van der Waals surface area contributed by atoms with Gasteiger partial charge in [0.15, 0.2) is 0 Å². The highest BCUT2D eigenvalue weighted by atomic mass is 32.1. The summed E-state index contributed by atoms with van der Waals surface area (Å²) < 4.78 is 5.01. The van der Waals surface area contributed by atoms with Gasteiger partial charge in [-0.15, -0.1) is 10.2 Å². The molecule has 0 aromatic carbocycles. The van der Waals surface area contributed by atoms with Gasteiger partial charge in [-0.2, -0.15) is 0 Å². The number of carbonyl (C=O) groups excluding carboxylic acids is 1. The van der Waals surface area contributed by atoms with Gasteiger partial charge in [-0.05, 0) is 19.8 Å². The third kappa shape index (κ3) is 1.93. The molecule has 2 aromatic rings. The average molecular weight is 305 g/mol. The van der Waals surface area contributed by atoms with Crippen LogP contribution in [0.15, 0.2) is 16.2 Å². The van der Waals surface area contributed by atoms with Crippen molar-refractivity contribution in [3.63, 3.8) is 0 Å². The molecule has 2 saturated heterocycles. The van der Waals surface area contributed by atoms with Gasteiger partial charge in [0.2, 0.25) is 5.13 Å². The van der Waals surface area contributed by atoms with Gasteiger partial charge in [0, 0.05) is 13.1 Å². The minimum absolute atomic E-state index is 0.0281. The Labute approximate surface area is 125 Å².